The van der Waals surface area contributed by atoms with Crippen LogP contribution < -0.4 is 10.5 Å². The molecule has 11 heteroatoms. The number of nitrogen functional groups attached to an aromatic ring is 1. The maximum Gasteiger partial charge on any atom is 0.145 e. The van der Waals surface area contributed by atoms with Crippen LogP contribution in [0.5, 0.6) is 5.75 Å². The number of ether oxygens (including phenoxy) is 1. The van der Waals surface area contributed by atoms with E-state index in [1.54, 1.807) is 35.0 Å². The van der Waals surface area contributed by atoms with Crippen LogP contribution >= 0.6 is 35.0 Å². The van der Waals surface area contributed by atoms with Gasteiger partial charge in [0.1, 0.15) is 46.8 Å². The fourth-order valence-electron chi connectivity index (χ4n) is 3.65. The summed E-state index contributed by atoms with van der Waals surface area (Å²) in [6.07, 6.45) is 1.19. The molecule has 0 spiro atoms. The number of halogens is 2. The minimum atomic E-state index is -0.997. The lowest BCUT2D eigenvalue weighted by molar-refractivity contribution is 0.0128. The molecule has 1 aliphatic heterocycles. The molecule has 1 saturated heterocycles. The summed E-state index contributed by atoms with van der Waals surface area (Å²) in [5.74, 6) is 0.834. The molecule has 0 radical (unpaired) electrons. The SMILES string of the molecule is Nc1nc2cc(OC[C@H]3S[C@@H](n4ccc5c(Cl)ncnc54)[C@H](O)[C@@H]3O)ccc2cc1Cl. The Labute approximate surface area is 191 Å². The van der Waals surface area contributed by atoms with Crippen LogP contribution in [0.3, 0.4) is 0 Å². The number of aliphatic hydroxyl groups excluding tert-OH is 2. The third-order valence-electron chi connectivity index (χ3n) is 5.26. The first-order valence-corrected chi connectivity index (χ1v) is 11.1. The summed E-state index contributed by atoms with van der Waals surface area (Å²) in [5, 5.41) is 22.8. The maximum absolute atomic E-state index is 10.7. The van der Waals surface area contributed by atoms with Gasteiger partial charge in [-0.3, -0.25) is 0 Å². The van der Waals surface area contributed by atoms with Crippen LogP contribution in [0.2, 0.25) is 10.2 Å². The van der Waals surface area contributed by atoms with Crippen molar-refractivity contribution in [2.45, 2.75) is 22.8 Å². The Hall–Kier alpha value is -2.30. The summed E-state index contributed by atoms with van der Waals surface area (Å²) in [4.78, 5) is 12.5. The maximum atomic E-state index is 10.7. The fraction of sp³-hybridized carbons (Fsp3) is 0.250. The van der Waals surface area contributed by atoms with Crippen molar-refractivity contribution in [3.8, 4) is 5.75 Å². The predicted molar refractivity (Wildman–Crippen MR) is 122 cm³/mol. The van der Waals surface area contributed by atoms with Crippen molar-refractivity contribution in [3.63, 3.8) is 0 Å². The molecule has 0 amide bonds. The number of thioether (sulfide) groups is 1. The zero-order valence-corrected chi connectivity index (χ0v) is 18.2. The smallest absolute Gasteiger partial charge is 0.145 e. The van der Waals surface area contributed by atoms with Gasteiger partial charge in [-0.2, -0.15) is 0 Å². The lowest BCUT2D eigenvalue weighted by Crippen LogP contribution is -2.34. The van der Waals surface area contributed by atoms with Crippen LogP contribution in [-0.2, 0) is 0 Å². The van der Waals surface area contributed by atoms with Gasteiger partial charge in [0.25, 0.3) is 0 Å². The number of pyridine rings is 1. The number of aromatic nitrogens is 4. The summed E-state index contributed by atoms with van der Waals surface area (Å²) in [6.45, 7) is 0.197. The number of anilines is 1. The topological polar surface area (TPSA) is 119 Å². The molecular formula is C20H17Cl2N5O3S. The van der Waals surface area contributed by atoms with Gasteiger partial charge in [-0.05, 0) is 24.3 Å². The second kappa shape index (κ2) is 7.99. The number of nitrogens with two attached hydrogens (primary N) is 1. The number of nitrogens with zero attached hydrogens (tertiary/aromatic N) is 4. The van der Waals surface area contributed by atoms with E-state index in [4.69, 9.17) is 33.7 Å². The zero-order valence-electron chi connectivity index (χ0n) is 15.9. The van der Waals surface area contributed by atoms with Gasteiger partial charge in [0, 0.05) is 17.6 Å². The Bertz CT molecular complexity index is 1290. The first-order chi connectivity index (χ1) is 14.9. The van der Waals surface area contributed by atoms with Crippen molar-refractivity contribution in [2.24, 2.45) is 0 Å². The fourth-order valence-corrected chi connectivity index (χ4v) is 5.45. The van der Waals surface area contributed by atoms with Crippen LogP contribution in [0.15, 0.2) is 42.9 Å². The first-order valence-electron chi connectivity index (χ1n) is 9.39. The second-order valence-corrected chi connectivity index (χ2v) is 9.32. The van der Waals surface area contributed by atoms with Crippen LogP contribution in [0.4, 0.5) is 5.82 Å². The Morgan fingerprint density at radius 3 is 2.81 bits per heavy atom. The number of rotatable bonds is 4. The highest BCUT2D eigenvalue weighted by Crippen LogP contribution is 2.43. The summed E-state index contributed by atoms with van der Waals surface area (Å²) < 4.78 is 7.70. The molecular weight excluding hydrogens is 461 g/mol. The van der Waals surface area contributed by atoms with Crippen LogP contribution in [0, 0.1) is 0 Å². The van der Waals surface area contributed by atoms with E-state index in [1.807, 2.05) is 6.07 Å². The van der Waals surface area contributed by atoms with Gasteiger partial charge in [-0.15, -0.1) is 11.8 Å². The van der Waals surface area contributed by atoms with Crippen LogP contribution in [0.25, 0.3) is 21.9 Å². The largest absolute Gasteiger partial charge is 0.492 e. The number of aliphatic hydroxyl groups is 2. The molecule has 8 nitrogen and oxygen atoms in total. The Morgan fingerprint density at radius 2 is 1.97 bits per heavy atom. The summed E-state index contributed by atoms with van der Waals surface area (Å²) in [5.41, 5.74) is 7.04. The van der Waals surface area contributed by atoms with Gasteiger partial charge >= 0.3 is 0 Å². The Balaban J connectivity index is 1.34. The van der Waals surface area contributed by atoms with Crippen molar-refractivity contribution in [2.75, 3.05) is 12.3 Å². The molecule has 0 bridgehead atoms. The molecule has 5 rings (SSSR count). The molecule has 0 saturated carbocycles. The molecule has 3 aromatic heterocycles. The van der Waals surface area contributed by atoms with Gasteiger partial charge < -0.3 is 25.3 Å². The number of hydrogen-bond donors (Lipinski definition) is 3. The number of hydrogen-bond acceptors (Lipinski definition) is 8. The third kappa shape index (κ3) is 3.66. The van der Waals surface area contributed by atoms with Crippen molar-refractivity contribution in [1.82, 2.24) is 19.5 Å². The highest BCUT2D eigenvalue weighted by atomic mass is 35.5. The molecule has 4 heterocycles. The number of benzene rings is 1. The standard InChI is InChI=1S/C20H17Cl2N5O3S/c21-12-5-9-1-2-10(6-13(9)26-18(12)23)30-7-14-15(28)16(29)20(31-14)27-4-3-11-17(22)24-8-25-19(11)27/h1-6,8,14-16,20,28-29H,7H2,(H2,23,26)/t14-,15-,16-,20-/m1/s1. The predicted octanol–water partition coefficient (Wildman–Crippen LogP) is 3.28. The summed E-state index contributed by atoms with van der Waals surface area (Å²) in [6, 6.07) is 8.95. The van der Waals surface area contributed by atoms with Crippen molar-refractivity contribution in [1.29, 1.82) is 0 Å². The molecule has 4 N–H and O–H groups in total. The summed E-state index contributed by atoms with van der Waals surface area (Å²) in [7, 11) is 0. The Kier molecular flexibility index (Phi) is 5.31. The van der Waals surface area contributed by atoms with Crippen molar-refractivity contribution < 1.29 is 14.9 Å². The minimum Gasteiger partial charge on any atom is -0.492 e. The van der Waals surface area contributed by atoms with E-state index in [2.05, 4.69) is 15.0 Å². The summed E-state index contributed by atoms with van der Waals surface area (Å²) >= 11 is 13.6. The minimum absolute atomic E-state index is 0.197. The first kappa shape index (κ1) is 20.6. The van der Waals surface area contributed by atoms with E-state index < -0.39 is 17.6 Å². The molecule has 1 aliphatic rings. The van der Waals surface area contributed by atoms with Crippen molar-refractivity contribution in [3.05, 3.63) is 53.0 Å². The van der Waals surface area contributed by atoms with Crippen LogP contribution in [0.1, 0.15) is 5.37 Å². The molecule has 1 aromatic carbocycles. The second-order valence-electron chi connectivity index (χ2n) is 7.19. The van der Waals surface area contributed by atoms with E-state index in [0.717, 1.165) is 5.39 Å². The third-order valence-corrected chi connectivity index (χ3v) is 7.41. The number of fused-ring (bicyclic) bond motifs is 2. The van der Waals surface area contributed by atoms with Gasteiger partial charge in [0.05, 0.1) is 27.3 Å². The lowest BCUT2D eigenvalue weighted by atomic mass is 10.1. The molecule has 160 valence electrons. The quantitative estimate of drug-likeness (QED) is 0.383. The van der Waals surface area contributed by atoms with Gasteiger partial charge in [0.15, 0.2) is 0 Å². The van der Waals surface area contributed by atoms with Gasteiger partial charge in [-0.1, -0.05) is 23.2 Å². The van der Waals surface area contributed by atoms with Crippen LogP contribution in [-0.4, -0.2) is 53.8 Å². The van der Waals surface area contributed by atoms with E-state index in [0.29, 0.717) is 32.5 Å². The zero-order chi connectivity index (χ0) is 21.7. The lowest BCUT2D eigenvalue weighted by Gasteiger charge is -2.17. The average molecular weight is 478 g/mol. The molecule has 31 heavy (non-hydrogen) atoms. The highest BCUT2D eigenvalue weighted by molar-refractivity contribution is 8.00. The molecule has 0 aliphatic carbocycles. The van der Waals surface area contributed by atoms with E-state index in [-0.39, 0.29) is 17.7 Å². The van der Waals surface area contributed by atoms with E-state index in [1.165, 1.54) is 18.1 Å². The molecule has 0 unspecified atom stereocenters. The molecule has 4 atom stereocenters. The van der Waals surface area contributed by atoms with Gasteiger partial charge in [0.2, 0.25) is 0 Å². The average Bonchev–Trinajstić information content (AvgIpc) is 3.30. The van der Waals surface area contributed by atoms with E-state index >= 15 is 0 Å². The van der Waals surface area contributed by atoms with Crippen molar-refractivity contribution >= 4 is 62.7 Å². The molecule has 4 aromatic rings. The normalized spacial score (nSPS) is 23.6. The Morgan fingerprint density at radius 1 is 1.13 bits per heavy atom. The highest BCUT2D eigenvalue weighted by Gasteiger charge is 2.44. The molecule has 1 fully saturated rings. The monoisotopic (exact) mass is 477 g/mol. The van der Waals surface area contributed by atoms with E-state index in [9.17, 15) is 10.2 Å². The van der Waals surface area contributed by atoms with Gasteiger partial charge in [-0.25, -0.2) is 15.0 Å².